The molecule has 4 N–H and O–H groups in total. The SMILES string of the molecule is CC(N)c1nc2cccc(Cl)c2c(=O)n1-c1cccc(C(N)=O)c1. The molecule has 6 nitrogen and oxygen atoms in total. The molecule has 0 aliphatic heterocycles. The predicted molar refractivity (Wildman–Crippen MR) is 93.5 cm³/mol. The van der Waals surface area contributed by atoms with Gasteiger partial charge in [0, 0.05) is 5.56 Å². The van der Waals surface area contributed by atoms with Gasteiger partial charge < -0.3 is 11.5 Å². The molecule has 7 heteroatoms. The molecule has 0 radical (unpaired) electrons. The summed E-state index contributed by atoms with van der Waals surface area (Å²) in [5.74, 6) is -0.213. The molecule has 0 fully saturated rings. The lowest BCUT2D eigenvalue weighted by molar-refractivity contribution is 0.1000. The van der Waals surface area contributed by atoms with Crippen LogP contribution in [0.2, 0.25) is 5.02 Å². The quantitative estimate of drug-likeness (QED) is 0.761. The van der Waals surface area contributed by atoms with Crippen molar-refractivity contribution < 1.29 is 4.79 Å². The van der Waals surface area contributed by atoms with Gasteiger partial charge in [0.2, 0.25) is 5.91 Å². The zero-order valence-electron chi connectivity index (χ0n) is 12.9. The minimum absolute atomic E-state index is 0.286. The highest BCUT2D eigenvalue weighted by molar-refractivity contribution is 6.35. The van der Waals surface area contributed by atoms with Crippen LogP contribution in [0.1, 0.15) is 29.1 Å². The van der Waals surface area contributed by atoms with E-state index in [0.717, 1.165) is 0 Å². The van der Waals surface area contributed by atoms with Crippen LogP contribution in [0.15, 0.2) is 47.3 Å². The van der Waals surface area contributed by atoms with Gasteiger partial charge in [-0.05, 0) is 37.3 Å². The summed E-state index contributed by atoms with van der Waals surface area (Å²) >= 11 is 6.18. The van der Waals surface area contributed by atoms with E-state index in [4.69, 9.17) is 23.1 Å². The maximum atomic E-state index is 13.0. The lowest BCUT2D eigenvalue weighted by Crippen LogP contribution is -2.28. The van der Waals surface area contributed by atoms with Crippen LogP contribution < -0.4 is 17.0 Å². The van der Waals surface area contributed by atoms with Crippen LogP contribution in [-0.4, -0.2) is 15.5 Å². The summed E-state index contributed by atoms with van der Waals surface area (Å²) < 4.78 is 1.37. The Labute approximate surface area is 142 Å². The fraction of sp³-hybridized carbons (Fsp3) is 0.118. The molecule has 0 spiro atoms. The van der Waals surface area contributed by atoms with Crippen molar-refractivity contribution in [2.45, 2.75) is 13.0 Å². The van der Waals surface area contributed by atoms with E-state index in [1.807, 2.05) is 0 Å². The lowest BCUT2D eigenvalue weighted by Gasteiger charge is -2.16. The standard InChI is InChI=1S/C17H15ClN4O2/c1-9(19)16-21-13-7-3-6-12(18)14(13)17(24)22(16)11-5-2-4-10(8-11)15(20)23/h2-9H,19H2,1H3,(H2,20,23). The largest absolute Gasteiger partial charge is 0.366 e. The number of benzene rings is 2. The van der Waals surface area contributed by atoms with Crippen LogP contribution in [0.25, 0.3) is 16.6 Å². The third-order valence-corrected chi connectivity index (χ3v) is 3.98. The van der Waals surface area contributed by atoms with E-state index < -0.39 is 11.9 Å². The van der Waals surface area contributed by atoms with Gasteiger partial charge in [0.15, 0.2) is 0 Å². The van der Waals surface area contributed by atoms with Crippen LogP contribution in [0.3, 0.4) is 0 Å². The number of primary amides is 1. The molecular weight excluding hydrogens is 328 g/mol. The minimum atomic E-state index is -0.584. The number of fused-ring (bicyclic) bond motifs is 1. The molecule has 1 amide bonds. The van der Waals surface area contributed by atoms with Gasteiger partial charge >= 0.3 is 0 Å². The van der Waals surface area contributed by atoms with Gasteiger partial charge in [0.1, 0.15) is 5.82 Å². The Kier molecular flexibility index (Phi) is 4.09. The van der Waals surface area contributed by atoms with Gasteiger partial charge in [-0.15, -0.1) is 0 Å². The molecule has 1 atom stereocenters. The highest BCUT2D eigenvalue weighted by Crippen LogP contribution is 2.22. The Morgan fingerprint density at radius 2 is 1.96 bits per heavy atom. The lowest BCUT2D eigenvalue weighted by atomic mass is 10.1. The Morgan fingerprint density at radius 3 is 2.62 bits per heavy atom. The molecular formula is C17H15ClN4O2. The summed E-state index contributed by atoms with van der Waals surface area (Å²) in [6, 6.07) is 11.0. The van der Waals surface area contributed by atoms with Gasteiger partial charge in [0.05, 0.1) is 27.7 Å². The third kappa shape index (κ3) is 2.66. The molecule has 1 heterocycles. The maximum absolute atomic E-state index is 13.0. The Hall–Kier alpha value is -2.70. The zero-order chi connectivity index (χ0) is 17.4. The van der Waals surface area contributed by atoms with Gasteiger partial charge in [-0.2, -0.15) is 0 Å². The fourth-order valence-electron chi connectivity index (χ4n) is 2.56. The first-order valence-electron chi connectivity index (χ1n) is 7.27. The van der Waals surface area contributed by atoms with Crippen molar-refractivity contribution in [3.05, 3.63) is 69.2 Å². The van der Waals surface area contributed by atoms with Crippen LogP contribution in [0.4, 0.5) is 0 Å². The number of nitrogens with zero attached hydrogens (tertiary/aromatic N) is 2. The molecule has 0 saturated heterocycles. The van der Waals surface area contributed by atoms with E-state index in [2.05, 4.69) is 4.98 Å². The molecule has 1 unspecified atom stereocenters. The summed E-state index contributed by atoms with van der Waals surface area (Å²) in [5.41, 5.74) is 12.2. The van der Waals surface area contributed by atoms with Crippen LogP contribution in [-0.2, 0) is 0 Å². The summed E-state index contributed by atoms with van der Waals surface area (Å²) in [4.78, 5) is 28.9. The first-order chi connectivity index (χ1) is 11.4. The van der Waals surface area contributed by atoms with Crippen LogP contribution >= 0.6 is 11.6 Å². The molecule has 24 heavy (non-hydrogen) atoms. The summed E-state index contributed by atoms with van der Waals surface area (Å²) in [6.07, 6.45) is 0. The molecule has 0 bridgehead atoms. The van der Waals surface area contributed by atoms with Crippen LogP contribution in [0, 0.1) is 0 Å². The van der Waals surface area contributed by atoms with Crippen molar-refractivity contribution in [2.24, 2.45) is 11.5 Å². The van der Waals surface area contributed by atoms with Crippen molar-refractivity contribution in [3.63, 3.8) is 0 Å². The first-order valence-corrected chi connectivity index (χ1v) is 7.65. The van der Waals surface area contributed by atoms with E-state index in [-0.39, 0.29) is 11.1 Å². The Balaban J connectivity index is 2.42. The van der Waals surface area contributed by atoms with E-state index >= 15 is 0 Å². The molecule has 2 aromatic carbocycles. The molecule has 0 saturated carbocycles. The van der Waals surface area contributed by atoms with Crippen molar-refractivity contribution >= 4 is 28.4 Å². The van der Waals surface area contributed by atoms with E-state index in [1.54, 1.807) is 43.3 Å². The highest BCUT2D eigenvalue weighted by atomic mass is 35.5. The van der Waals surface area contributed by atoms with Gasteiger partial charge in [-0.25, -0.2) is 4.98 Å². The van der Waals surface area contributed by atoms with Gasteiger partial charge in [0.25, 0.3) is 5.56 Å². The number of hydrogen-bond acceptors (Lipinski definition) is 4. The maximum Gasteiger partial charge on any atom is 0.267 e. The van der Waals surface area contributed by atoms with Crippen molar-refractivity contribution in [3.8, 4) is 5.69 Å². The fourth-order valence-corrected chi connectivity index (χ4v) is 2.81. The Morgan fingerprint density at radius 1 is 1.25 bits per heavy atom. The van der Waals surface area contributed by atoms with Gasteiger partial charge in [-0.1, -0.05) is 23.7 Å². The number of carbonyl (C=O) groups is 1. The Bertz CT molecular complexity index is 1010. The second-order valence-electron chi connectivity index (χ2n) is 5.45. The number of aromatic nitrogens is 2. The van der Waals surface area contributed by atoms with Crippen molar-refractivity contribution in [1.29, 1.82) is 0 Å². The van der Waals surface area contributed by atoms with Gasteiger partial charge in [-0.3, -0.25) is 14.2 Å². The second kappa shape index (κ2) is 6.07. The molecule has 122 valence electrons. The predicted octanol–water partition coefficient (Wildman–Crippen LogP) is 2.16. The van der Waals surface area contributed by atoms with Crippen molar-refractivity contribution in [2.75, 3.05) is 0 Å². The number of carbonyl (C=O) groups excluding carboxylic acids is 1. The average Bonchev–Trinajstić information content (AvgIpc) is 2.54. The first kappa shape index (κ1) is 16.2. The minimum Gasteiger partial charge on any atom is -0.366 e. The molecule has 1 aromatic heterocycles. The monoisotopic (exact) mass is 342 g/mol. The number of halogens is 1. The smallest absolute Gasteiger partial charge is 0.267 e. The van der Waals surface area contributed by atoms with E-state index in [1.165, 1.54) is 10.6 Å². The third-order valence-electron chi connectivity index (χ3n) is 3.67. The normalized spacial score (nSPS) is 12.3. The van der Waals surface area contributed by atoms with E-state index in [0.29, 0.717) is 27.4 Å². The number of hydrogen-bond donors (Lipinski definition) is 2. The molecule has 0 aliphatic rings. The zero-order valence-corrected chi connectivity index (χ0v) is 13.6. The molecule has 3 aromatic rings. The molecule has 0 aliphatic carbocycles. The summed E-state index contributed by atoms with van der Waals surface area (Å²) in [7, 11) is 0. The van der Waals surface area contributed by atoms with Crippen LogP contribution in [0.5, 0.6) is 0 Å². The topological polar surface area (TPSA) is 104 Å². The van der Waals surface area contributed by atoms with Crippen molar-refractivity contribution in [1.82, 2.24) is 9.55 Å². The summed E-state index contributed by atoms with van der Waals surface area (Å²) in [5, 5.41) is 0.606. The molecule has 3 rings (SSSR count). The number of rotatable bonds is 3. The van der Waals surface area contributed by atoms with E-state index in [9.17, 15) is 9.59 Å². The summed E-state index contributed by atoms with van der Waals surface area (Å²) in [6.45, 7) is 1.73. The number of nitrogens with two attached hydrogens (primary N) is 2. The number of amides is 1. The second-order valence-corrected chi connectivity index (χ2v) is 5.85. The highest BCUT2D eigenvalue weighted by Gasteiger charge is 2.17. The average molecular weight is 343 g/mol.